The third-order valence-electron chi connectivity index (χ3n) is 3.35. The average Bonchev–Trinajstić information content (AvgIpc) is 2.25. The molecule has 0 aliphatic heterocycles. The van der Waals surface area contributed by atoms with Gasteiger partial charge in [0, 0.05) is 24.1 Å². The molecule has 1 fully saturated rings. The lowest BCUT2D eigenvalue weighted by Gasteiger charge is -2.33. The molecule has 1 aliphatic rings. The molecule has 0 heterocycles. The first kappa shape index (κ1) is 14.0. The number of rotatable bonds is 5. The first-order chi connectivity index (χ1) is 7.94. The number of nitrogens with zero attached hydrogens (tertiary/aromatic N) is 3. The lowest BCUT2D eigenvalue weighted by molar-refractivity contribution is -0.123. The van der Waals surface area contributed by atoms with Gasteiger partial charge in [0.1, 0.15) is 4.75 Å². The highest BCUT2D eigenvalue weighted by Gasteiger charge is 2.47. The fourth-order valence-corrected chi connectivity index (χ4v) is 3.93. The second-order valence-corrected chi connectivity index (χ2v) is 6.78. The van der Waals surface area contributed by atoms with Crippen LogP contribution in [0.15, 0.2) is 5.11 Å². The molecule has 0 aromatic heterocycles. The van der Waals surface area contributed by atoms with E-state index < -0.39 is 14.6 Å². The van der Waals surface area contributed by atoms with Crippen molar-refractivity contribution in [2.24, 2.45) is 5.11 Å². The van der Waals surface area contributed by atoms with Gasteiger partial charge in [-0.15, -0.1) is 0 Å². The molecule has 0 spiro atoms. The van der Waals surface area contributed by atoms with Crippen LogP contribution in [-0.2, 0) is 14.6 Å². The first-order valence-electron chi connectivity index (χ1n) is 5.68. The largest absolute Gasteiger partial charge is 0.298 e. The second kappa shape index (κ2) is 5.51. The molecular weight excluding hydrogens is 242 g/mol. The molecule has 0 aromatic carbocycles. The molecule has 0 amide bonds. The van der Waals surface area contributed by atoms with Crippen LogP contribution >= 0.6 is 0 Å². The summed E-state index contributed by atoms with van der Waals surface area (Å²) in [5.74, 6) is -0.174. The van der Waals surface area contributed by atoms with Crippen molar-refractivity contribution in [3.05, 3.63) is 10.4 Å². The maximum absolute atomic E-state index is 11.9. The SMILES string of the molecule is CS(=O)(=O)C1(CCCN=[N+]=[N-])CCCCC1=O. The Morgan fingerprint density at radius 3 is 2.71 bits per heavy atom. The number of Topliss-reactive ketones (excluding diaryl/α,β-unsaturated/α-hetero) is 1. The third kappa shape index (κ3) is 2.98. The van der Waals surface area contributed by atoms with Gasteiger partial charge < -0.3 is 0 Å². The number of carbonyl (C=O) groups is 1. The molecule has 6 nitrogen and oxygen atoms in total. The van der Waals surface area contributed by atoms with Crippen LogP contribution in [0.4, 0.5) is 0 Å². The summed E-state index contributed by atoms with van der Waals surface area (Å²) in [5, 5.41) is 3.37. The van der Waals surface area contributed by atoms with Crippen molar-refractivity contribution in [1.82, 2.24) is 0 Å². The minimum atomic E-state index is -3.41. The first-order valence-corrected chi connectivity index (χ1v) is 7.57. The minimum Gasteiger partial charge on any atom is -0.298 e. The summed E-state index contributed by atoms with van der Waals surface area (Å²) in [6.07, 6.45) is 4.11. The van der Waals surface area contributed by atoms with E-state index in [2.05, 4.69) is 10.0 Å². The molecule has 1 atom stereocenters. The topological polar surface area (TPSA) is 100.0 Å². The van der Waals surface area contributed by atoms with E-state index in [4.69, 9.17) is 5.53 Å². The fourth-order valence-electron chi connectivity index (χ4n) is 2.39. The Kier molecular flexibility index (Phi) is 4.54. The van der Waals surface area contributed by atoms with Gasteiger partial charge in [0.2, 0.25) is 0 Å². The normalized spacial score (nSPS) is 25.4. The lowest BCUT2D eigenvalue weighted by atomic mass is 9.84. The Balaban J connectivity index is 2.86. The minimum absolute atomic E-state index is 0.174. The molecule has 0 saturated heterocycles. The summed E-state index contributed by atoms with van der Waals surface area (Å²) in [6, 6.07) is 0. The maximum Gasteiger partial charge on any atom is 0.160 e. The number of hydrogen-bond acceptors (Lipinski definition) is 4. The van der Waals surface area contributed by atoms with Gasteiger partial charge >= 0.3 is 0 Å². The van der Waals surface area contributed by atoms with Gasteiger partial charge in [-0.3, -0.25) is 4.79 Å². The van der Waals surface area contributed by atoms with E-state index in [0.29, 0.717) is 19.3 Å². The highest BCUT2D eigenvalue weighted by molar-refractivity contribution is 7.92. The number of sulfone groups is 1. The average molecular weight is 259 g/mol. The van der Waals surface area contributed by atoms with Crippen LogP contribution in [-0.4, -0.2) is 31.7 Å². The number of azide groups is 1. The number of ketones is 1. The van der Waals surface area contributed by atoms with Crippen molar-refractivity contribution < 1.29 is 13.2 Å². The molecule has 1 aliphatic carbocycles. The van der Waals surface area contributed by atoms with Crippen LogP contribution < -0.4 is 0 Å². The van der Waals surface area contributed by atoms with E-state index in [1.54, 1.807) is 0 Å². The molecule has 1 rings (SSSR count). The summed E-state index contributed by atoms with van der Waals surface area (Å²) < 4.78 is 22.5. The maximum atomic E-state index is 11.9. The van der Waals surface area contributed by atoms with E-state index in [0.717, 1.165) is 19.1 Å². The zero-order chi connectivity index (χ0) is 12.9. The van der Waals surface area contributed by atoms with Gasteiger partial charge in [0.25, 0.3) is 0 Å². The van der Waals surface area contributed by atoms with Gasteiger partial charge in [-0.25, -0.2) is 8.42 Å². The van der Waals surface area contributed by atoms with Crippen LogP contribution in [0.5, 0.6) is 0 Å². The fraction of sp³-hybridized carbons (Fsp3) is 0.900. The molecule has 0 bridgehead atoms. The molecule has 0 aromatic rings. The molecule has 7 heteroatoms. The second-order valence-electron chi connectivity index (χ2n) is 4.45. The standard InChI is InChI=1S/C10H17N3O3S/c1-17(15,16)10(7-4-8-12-13-11)6-3-2-5-9(10)14/h2-8H2,1H3. The van der Waals surface area contributed by atoms with Gasteiger partial charge in [0.15, 0.2) is 15.6 Å². The number of hydrogen-bond donors (Lipinski definition) is 0. The summed E-state index contributed by atoms with van der Waals surface area (Å²) in [6.45, 7) is 0.237. The Bertz CT molecular complexity index is 440. The van der Waals surface area contributed by atoms with Gasteiger partial charge in [-0.1, -0.05) is 11.5 Å². The van der Waals surface area contributed by atoms with E-state index in [9.17, 15) is 13.2 Å². The van der Waals surface area contributed by atoms with Crippen LogP contribution in [0.3, 0.4) is 0 Å². The molecule has 1 saturated carbocycles. The Morgan fingerprint density at radius 2 is 2.18 bits per heavy atom. The van der Waals surface area contributed by atoms with Crippen molar-refractivity contribution in [1.29, 1.82) is 0 Å². The molecule has 0 N–H and O–H groups in total. The number of carbonyl (C=O) groups excluding carboxylic acids is 1. The van der Waals surface area contributed by atoms with Crippen molar-refractivity contribution in [2.75, 3.05) is 12.8 Å². The molecule has 0 radical (unpaired) electrons. The summed E-state index contributed by atoms with van der Waals surface area (Å²) >= 11 is 0. The van der Waals surface area contributed by atoms with E-state index in [-0.39, 0.29) is 18.7 Å². The van der Waals surface area contributed by atoms with Crippen LogP contribution in [0, 0.1) is 0 Å². The quantitative estimate of drug-likeness (QED) is 0.326. The van der Waals surface area contributed by atoms with Gasteiger partial charge in [-0.05, 0) is 31.2 Å². The predicted octanol–water partition coefficient (Wildman–Crippen LogP) is 2.00. The zero-order valence-corrected chi connectivity index (χ0v) is 10.7. The highest BCUT2D eigenvalue weighted by Crippen LogP contribution is 2.36. The van der Waals surface area contributed by atoms with Crippen molar-refractivity contribution in [3.63, 3.8) is 0 Å². The molecular formula is C10H17N3O3S. The molecule has 1 unspecified atom stereocenters. The zero-order valence-electron chi connectivity index (χ0n) is 9.92. The van der Waals surface area contributed by atoms with E-state index in [1.807, 2.05) is 0 Å². The highest BCUT2D eigenvalue weighted by atomic mass is 32.2. The smallest absolute Gasteiger partial charge is 0.160 e. The lowest BCUT2D eigenvalue weighted by Crippen LogP contribution is -2.48. The summed E-state index contributed by atoms with van der Waals surface area (Å²) in [4.78, 5) is 14.6. The summed E-state index contributed by atoms with van der Waals surface area (Å²) in [7, 11) is -3.41. The van der Waals surface area contributed by atoms with Crippen molar-refractivity contribution in [3.8, 4) is 0 Å². The van der Waals surface area contributed by atoms with Gasteiger partial charge in [0.05, 0.1) is 0 Å². The van der Waals surface area contributed by atoms with E-state index >= 15 is 0 Å². The van der Waals surface area contributed by atoms with E-state index in [1.165, 1.54) is 0 Å². The van der Waals surface area contributed by atoms with Crippen LogP contribution in [0.1, 0.15) is 38.5 Å². The monoisotopic (exact) mass is 259 g/mol. The van der Waals surface area contributed by atoms with Crippen LogP contribution in [0.2, 0.25) is 0 Å². The molecule has 17 heavy (non-hydrogen) atoms. The molecule has 96 valence electrons. The van der Waals surface area contributed by atoms with Crippen LogP contribution in [0.25, 0.3) is 10.4 Å². The van der Waals surface area contributed by atoms with Gasteiger partial charge in [-0.2, -0.15) is 0 Å². The Morgan fingerprint density at radius 1 is 1.47 bits per heavy atom. The van der Waals surface area contributed by atoms with Crippen molar-refractivity contribution in [2.45, 2.75) is 43.3 Å². The Hall–Kier alpha value is -1.07. The third-order valence-corrected chi connectivity index (χ3v) is 5.41. The summed E-state index contributed by atoms with van der Waals surface area (Å²) in [5.41, 5.74) is 8.15. The van der Waals surface area contributed by atoms with Crippen molar-refractivity contribution >= 4 is 15.6 Å². The predicted molar refractivity (Wildman–Crippen MR) is 64.3 cm³/mol. The Labute approximate surface area is 101 Å².